The molecule has 1 amide bonds. The zero-order valence-electron chi connectivity index (χ0n) is 8.14. The smallest absolute Gasteiger partial charge is 0.334 e. The van der Waals surface area contributed by atoms with Crippen molar-refractivity contribution in [2.45, 2.75) is 25.3 Å². The molecule has 0 aliphatic carbocycles. The van der Waals surface area contributed by atoms with Crippen molar-refractivity contribution in [2.75, 3.05) is 19.6 Å². The van der Waals surface area contributed by atoms with Gasteiger partial charge < -0.3 is 10.2 Å². The van der Waals surface area contributed by atoms with Gasteiger partial charge in [0.25, 0.3) is 5.91 Å². The van der Waals surface area contributed by atoms with E-state index in [4.69, 9.17) is 0 Å². The summed E-state index contributed by atoms with van der Waals surface area (Å²) in [4.78, 5) is 11.8. The van der Waals surface area contributed by atoms with Gasteiger partial charge in [-0.05, 0) is 6.92 Å². The van der Waals surface area contributed by atoms with E-state index in [0.29, 0.717) is 6.54 Å². The Kier molecular flexibility index (Phi) is 3.54. The van der Waals surface area contributed by atoms with E-state index in [9.17, 15) is 22.4 Å². The highest BCUT2D eigenvalue weighted by Crippen LogP contribution is 2.25. The Labute approximate surface area is 84.4 Å². The molecule has 0 radical (unpaired) electrons. The van der Waals surface area contributed by atoms with Gasteiger partial charge in [0.1, 0.15) is 0 Å². The molecule has 1 saturated heterocycles. The van der Waals surface area contributed by atoms with Gasteiger partial charge in [0.15, 0.2) is 0 Å². The summed E-state index contributed by atoms with van der Waals surface area (Å²) in [6.45, 7) is 2.10. The third kappa shape index (κ3) is 2.58. The van der Waals surface area contributed by atoms with Gasteiger partial charge in [-0.1, -0.05) is 0 Å². The molecule has 1 atom stereocenters. The fourth-order valence-corrected chi connectivity index (χ4v) is 1.42. The highest BCUT2D eigenvalue weighted by Gasteiger charge is 2.51. The second kappa shape index (κ2) is 4.34. The van der Waals surface area contributed by atoms with E-state index in [1.807, 2.05) is 0 Å². The molecule has 1 rings (SSSR count). The van der Waals surface area contributed by atoms with Gasteiger partial charge in [-0.2, -0.15) is 8.78 Å². The molecule has 0 bridgehead atoms. The number of carbonyl (C=O) groups is 1. The van der Waals surface area contributed by atoms with Crippen LogP contribution in [-0.2, 0) is 4.79 Å². The highest BCUT2D eigenvalue weighted by molar-refractivity contribution is 5.84. The normalized spacial score (nSPS) is 23.3. The van der Waals surface area contributed by atoms with E-state index in [2.05, 4.69) is 5.32 Å². The molecule has 0 aromatic heterocycles. The number of amides is 1. The quantitative estimate of drug-likeness (QED) is 0.706. The van der Waals surface area contributed by atoms with Crippen molar-refractivity contribution in [1.29, 1.82) is 0 Å². The highest BCUT2D eigenvalue weighted by atomic mass is 19.3. The molecule has 1 N–H and O–H groups in total. The van der Waals surface area contributed by atoms with Crippen LogP contribution in [0.3, 0.4) is 0 Å². The van der Waals surface area contributed by atoms with Gasteiger partial charge in [0.05, 0.1) is 0 Å². The minimum Gasteiger partial charge on any atom is -0.334 e. The Balaban J connectivity index is 2.67. The van der Waals surface area contributed by atoms with Crippen molar-refractivity contribution in [3.05, 3.63) is 0 Å². The minimum absolute atomic E-state index is 0.0289. The summed E-state index contributed by atoms with van der Waals surface area (Å²) in [5.41, 5.74) is 0. The summed E-state index contributed by atoms with van der Waals surface area (Å²) in [5.74, 6) is -6.36. The number of nitrogens with one attached hydrogen (secondary N) is 1. The molecule has 0 saturated carbocycles. The van der Waals surface area contributed by atoms with Gasteiger partial charge in [-0.3, -0.25) is 4.79 Å². The van der Waals surface area contributed by atoms with Gasteiger partial charge in [0.2, 0.25) is 0 Å². The van der Waals surface area contributed by atoms with Crippen LogP contribution in [0, 0.1) is 0 Å². The summed E-state index contributed by atoms with van der Waals surface area (Å²) in [5, 5.41) is 2.92. The fraction of sp³-hybridized carbons (Fsp3) is 0.875. The lowest BCUT2D eigenvalue weighted by molar-refractivity contribution is -0.181. The molecule has 0 aromatic rings. The third-order valence-electron chi connectivity index (χ3n) is 2.22. The summed E-state index contributed by atoms with van der Waals surface area (Å²) in [6, 6.07) is -0.156. The topological polar surface area (TPSA) is 32.3 Å². The lowest BCUT2D eigenvalue weighted by Gasteiger charge is -2.33. The maximum atomic E-state index is 12.7. The van der Waals surface area contributed by atoms with Crippen LogP contribution in [0.25, 0.3) is 0 Å². The van der Waals surface area contributed by atoms with Gasteiger partial charge in [0, 0.05) is 25.7 Å². The largest absolute Gasteiger partial charge is 0.383 e. The molecular formula is C8H12F4N2O. The molecule has 3 nitrogen and oxygen atoms in total. The van der Waals surface area contributed by atoms with E-state index < -0.39 is 18.3 Å². The second-order valence-corrected chi connectivity index (χ2v) is 3.53. The van der Waals surface area contributed by atoms with Crippen molar-refractivity contribution >= 4 is 5.91 Å². The van der Waals surface area contributed by atoms with Gasteiger partial charge in [-0.25, -0.2) is 8.78 Å². The van der Waals surface area contributed by atoms with Crippen LogP contribution in [0.5, 0.6) is 0 Å². The number of piperazine rings is 1. The van der Waals surface area contributed by atoms with E-state index in [0.717, 1.165) is 4.90 Å². The van der Waals surface area contributed by atoms with Crippen molar-refractivity contribution in [1.82, 2.24) is 10.2 Å². The Bertz CT molecular complexity index is 247. The SMILES string of the molecule is C[C@@H]1CN(C(=O)C(F)(F)C(F)F)CCN1. The Morgan fingerprint density at radius 2 is 2.13 bits per heavy atom. The fourth-order valence-electron chi connectivity index (χ4n) is 1.42. The summed E-state index contributed by atoms with van der Waals surface area (Å²) < 4.78 is 49.2. The maximum Gasteiger partial charge on any atom is 0.383 e. The first-order valence-corrected chi connectivity index (χ1v) is 4.54. The second-order valence-electron chi connectivity index (χ2n) is 3.53. The molecule has 7 heteroatoms. The molecular weight excluding hydrogens is 216 g/mol. The lowest BCUT2D eigenvalue weighted by atomic mass is 10.2. The third-order valence-corrected chi connectivity index (χ3v) is 2.22. The predicted molar refractivity (Wildman–Crippen MR) is 45.0 cm³/mol. The number of rotatable bonds is 2. The van der Waals surface area contributed by atoms with Gasteiger partial charge in [-0.15, -0.1) is 0 Å². The molecule has 0 unspecified atom stereocenters. The van der Waals surface area contributed by atoms with Crippen LogP contribution in [-0.4, -0.2) is 48.8 Å². The van der Waals surface area contributed by atoms with Crippen molar-refractivity contribution in [3.8, 4) is 0 Å². The standard InChI is InChI=1S/C8H12F4N2O/c1-5-4-14(3-2-13-5)7(15)8(11,12)6(9)10/h5-6,13H,2-4H2,1H3/t5-/m1/s1. The van der Waals surface area contributed by atoms with Crippen molar-refractivity contribution < 1.29 is 22.4 Å². The zero-order chi connectivity index (χ0) is 11.6. The van der Waals surface area contributed by atoms with Gasteiger partial charge >= 0.3 is 12.3 Å². The minimum atomic E-state index is -4.57. The zero-order valence-corrected chi connectivity index (χ0v) is 8.14. The first-order chi connectivity index (χ1) is 6.85. The lowest BCUT2D eigenvalue weighted by Crippen LogP contribution is -2.56. The summed E-state index contributed by atoms with van der Waals surface area (Å²) >= 11 is 0. The molecule has 1 aliphatic heterocycles. The predicted octanol–water partition coefficient (Wildman–Crippen LogP) is 0.707. The van der Waals surface area contributed by atoms with Crippen molar-refractivity contribution in [3.63, 3.8) is 0 Å². The average Bonchev–Trinajstić information content (AvgIpc) is 2.16. The van der Waals surface area contributed by atoms with Crippen LogP contribution in [0.15, 0.2) is 0 Å². The number of alkyl halides is 4. The van der Waals surface area contributed by atoms with Crippen molar-refractivity contribution in [2.24, 2.45) is 0 Å². The first kappa shape index (κ1) is 12.2. The summed E-state index contributed by atoms with van der Waals surface area (Å²) in [7, 11) is 0. The molecule has 1 heterocycles. The number of nitrogens with zero attached hydrogens (tertiary/aromatic N) is 1. The Hall–Kier alpha value is -0.850. The van der Waals surface area contributed by atoms with Crippen LogP contribution in [0.2, 0.25) is 0 Å². The molecule has 1 aliphatic rings. The first-order valence-electron chi connectivity index (χ1n) is 4.54. The number of hydrogen-bond acceptors (Lipinski definition) is 2. The molecule has 88 valence electrons. The van der Waals surface area contributed by atoms with E-state index >= 15 is 0 Å². The number of hydrogen-bond donors (Lipinski definition) is 1. The molecule has 1 fully saturated rings. The van der Waals surface area contributed by atoms with Crippen LogP contribution in [0.1, 0.15) is 6.92 Å². The average molecular weight is 228 g/mol. The van der Waals surface area contributed by atoms with Crippen LogP contribution < -0.4 is 5.32 Å². The monoisotopic (exact) mass is 228 g/mol. The molecule has 15 heavy (non-hydrogen) atoms. The molecule has 0 aromatic carbocycles. The Morgan fingerprint density at radius 3 is 2.60 bits per heavy atom. The maximum absolute atomic E-state index is 12.7. The van der Waals surface area contributed by atoms with E-state index in [1.54, 1.807) is 6.92 Å². The summed E-state index contributed by atoms with van der Waals surface area (Å²) in [6.07, 6.45) is -3.95. The molecule has 0 spiro atoms. The van der Waals surface area contributed by atoms with E-state index in [-0.39, 0.29) is 19.1 Å². The van der Waals surface area contributed by atoms with E-state index in [1.165, 1.54) is 0 Å². The van der Waals surface area contributed by atoms with Crippen LogP contribution >= 0.6 is 0 Å². The number of carbonyl (C=O) groups excluding carboxylic acids is 1. The number of halogens is 4. The van der Waals surface area contributed by atoms with Crippen LogP contribution in [0.4, 0.5) is 17.6 Å². The Morgan fingerprint density at radius 1 is 1.53 bits per heavy atom.